The average molecular weight is 1190 g/mol. The summed E-state index contributed by atoms with van der Waals surface area (Å²) < 4.78 is 21.3. The Kier molecular flexibility index (Phi) is 25.9. The van der Waals surface area contributed by atoms with Crippen LogP contribution in [0.25, 0.3) is 0 Å². The lowest BCUT2D eigenvalue weighted by Crippen LogP contribution is -2.68. The Balaban J connectivity index is 0.000000302. The van der Waals surface area contributed by atoms with Crippen molar-refractivity contribution >= 4 is 37.4 Å². The maximum atomic E-state index is 12.4. The molecule has 0 saturated carbocycles. The lowest BCUT2D eigenvalue weighted by molar-refractivity contribution is -0.133. The van der Waals surface area contributed by atoms with E-state index < -0.39 is 45.6 Å². The van der Waals surface area contributed by atoms with Crippen molar-refractivity contribution in [3.8, 4) is 0 Å². The van der Waals surface area contributed by atoms with Gasteiger partial charge in [-0.2, -0.15) is 0 Å². The second kappa shape index (κ2) is 32.0. The molecule has 0 aliphatic rings. The van der Waals surface area contributed by atoms with Gasteiger partial charge in [-0.1, -0.05) is 319 Å². The van der Waals surface area contributed by atoms with Crippen LogP contribution in [0.15, 0.2) is 212 Å². The summed E-state index contributed by atoms with van der Waals surface area (Å²) in [5, 5.41) is 61.1. The number of unbranched alkanes of at least 4 members (excludes halogenated alkanes) is 6. The molecule has 7 aromatic rings. The zero-order chi connectivity index (χ0) is 61.6. The second-order valence-corrected chi connectivity index (χ2v) is 34.6. The van der Waals surface area contributed by atoms with Gasteiger partial charge in [0.1, 0.15) is 16.8 Å². The molecule has 0 aromatic heterocycles. The van der Waals surface area contributed by atoms with Gasteiger partial charge >= 0.3 is 0 Å². The smallest absolute Gasteiger partial charge is 0.261 e. The van der Waals surface area contributed by atoms with Gasteiger partial charge in [-0.05, 0) is 74.2 Å². The Bertz CT molecular complexity index is 2740. The summed E-state index contributed by atoms with van der Waals surface area (Å²) in [6.45, 7) is 21.0. The van der Waals surface area contributed by atoms with Crippen LogP contribution in [0.5, 0.6) is 0 Å². The fourth-order valence-corrected chi connectivity index (χ4v) is 21.9. The summed E-state index contributed by atoms with van der Waals surface area (Å²) in [5.74, 6) is -0.732. The Morgan fingerprint density at radius 2 is 0.647 bits per heavy atom. The fourth-order valence-electron chi connectivity index (χ4n) is 12.6. The van der Waals surface area contributed by atoms with Gasteiger partial charge in [0, 0.05) is 18.4 Å². The zero-order valence-electron chi connectivity index (χ0n) is 52.9. The van der Waals surface area contributed by atoms with E-state index in [0.29, 0.717) is 12.8 Å². The van der Waals surface area contributed by atoms with Crippen molar-refractivity contribution in [2.24, 2.45) is 11.8 Å². The standard InChI is InChI=1S/C47H58O4Si.C28H44O4Si/c1-6-7-8-14-25-38(36-50-47(39-26-15-9-16-27-39,40-28-17-10-18-29-40)41-30-19-11-20-31-41)44(48)46(5,49)37-51-52(45(2,3)4,42-32-21-12-22-33-42)43-34-23-13-24-35-43;1-6-7-8-11-16-23(21-29)26(30)28(5,31)22-32-33(27(2,3)4,24-17-12-9-13-18-24)25-19-14-10-15-20-25/h9-13,15-24,26-35,38,44,48-49H,6-8,14,25,36-37H2,1-5H3;9-10,12-15,17-20,23,26,29-31H,6-8,11,16,21-22H2,1-5H3/t38-,44+,46?;/m0./s1. The van der Waals surface area contributed by atoms with E-state index in [4.69, 9.17) is 13.6 Å². The average Bonchev–Trinajstić information content (AvgIpc) is 0.920. The Morgan fingerprint density at radius 3 is 0.918 bits per heavy atom. The predicted molar refractivity (Wildman–Crippen MR) is 357 cm³/mol. The lowest BCUT2D eigenvalue weighted by Gasteiger charge is -2.45. The van der Waals surface area contributed by atoms with Crippen LogP contribution in [0.2, 0.25) is 10.1 Å². The molecule has 5 N–H and O–H groups in total. The van der Waals surface area contributed by atoms with Crippen molar-refractivity contribution < 1.29 is 39.1 Å². The quantitative estimate of drug-likeness (QED) is 0.0165. The summed E-state index contributed by atoms with van der Waals surface area (Å²) in [6.07, 6.45) is 7.74. The van der Waals surface area contributed by atoms with Crippen molar-refractivity contribution in [2.75, 3.05) is 26.4 Å². The Morgan fingerprint density at radius 1 is 0.376 bits per heavy atom. The summed E-state index contributed by atoms with van der Waals surface area (Å²) in [5.41, 5.74) is -0.941. The molecule has 0 bridgehead atoms. The molecule has 8 nitrogen and oxygen atoms in total. The minimum absolute atomic E-state index is 0.00704. The highest BCUT2D eigenvalue weighted by Gasteiger charge is 2.54. The molecule has 458 valence electrons. The first-order chi connectivity index (χ1) is 40.7. The van der Waals surface area contributed by atoms with Crippen LogP contribution in [0.3, 0.4) is 0 Å². The molecule has 0 radical (unpaired) electrons. The molecule has 0 fully saturated rings. The number of aliphatic hydroxyl groups excluding tert-OH is 3. The van der Waals surface area contributed by atoms with Gasteiger partial charge in [0.25, 0.3) is 16.6 Å². The molecule has 0 heterocycles. The van der Waals surface area contributed by atoms with Gasteiger partial charge in [-0.25, -0.2) is 0 Å². The van der Waals surface area contributed by atoms with E-state index >= 15 is 0 Å². The highest BCUT2D eigenvalue weighted by molar-refractivity contribution is 7.00. The molecule has 0 aliphatic heterocycles. The summed E-state index contributed by atoms with van der Waals surface area (Å²) in [6, 6.07) is 72.5. The summed E-state index contributed by atoms with van der Waals surface area (Å²) in [4.78, 5) is 0. The normalized spacial score (nSPS) is 15.3. The van der Waals surface area contributed by atoms with E-state index in [0.717, 1.165) is 88.8 Å². The van der Waals surface area contributed by atoms with Crippen molar-refractivity contribution in [3.05, 3.63) is 229 Å². The zero-order valence-corrected chi connectivity index (χ0v) is 54.9. The van der Waals surface area contributed by atoms with E-state index in [2.05, 4.69) is 165 Å². The molecule has 0 aliphatic carbocycles. The molecule has 0 amide bonds. The summed E-state index contributed by atoms with van der Waals surface area (Å²) in [7, 11) is -5.78. The maximum absolute atomic E-state index is 12.4. The minimum atomic E-state index is -2.96. The largest absolute Gasteiger partial charge is 0.404 e. The van der Waals surface area contributed by atoms with Crippen LogP contribution in [0, 0.1) is 11.8 Å². The minimum Gasteiger partial charge on any atom is -0.404 e. The highest BCUT2D eigenvalue weighted by Crippen LogP contribution is 2.43. The molecular weight excluding hydrogens is 1080 g/mol. The molecule has 0 saturated heterocycles. The van der Waals surface area contributed by atoms with Crippen LogP contribution in [0.1, 0.15) is 150 Å². The van der Waals surface area contributed by atoms with E-state index in [9.17, 15) is 25.5 Å². The predicted octanol–water partition coefficient (Wildman–Crippen LogP) is 13.5. The molecular formula is C75H102O8Si2. The van der Waals surface area contributed by atoms with Gasteiger partial charge in [0.05, 0.1) is 32.0 Å². The molecule has 7 aromatic carbocycles. The molecule has 6 atom stereocenters. The van der Waals surface area contributed by atoms with Gasteiger partial charge in [0.2, 0.25) is 0 Å². The van der Waals surface area contributed by atoms with E-state index in [1.807, 2.05) is 103 Å². The third-order valence-electron chi connectivity index (χ3n) is 17.3. The molecule has 10 heteroatoms. The monoisotopic (exact) mass is 1190 g/mol. The lowest BCUT2D eigenvalue weighted by atomic mass is 9.79. The third kappa shape index (κ3) is 17.0. The number of hydrogen-bond donors (Lipinski definition) is 5. The van der Waals surface area contributed by atoms with Crippen molar-refractivity contribution in [2.45, 2.75) is 173 Å². The maximum Gasteiger partial charge on any atom is 0.261 e. The van der Waals surface area contributed by atoms with Crippen LogP contribution in [0.4, 0.5) is 0 Å². The Hall–Kier alpha value is -5.35. The van der Waals surface area contributed by atoms with Gasteiger partial charge in [0.15, 0.2) is 0 Å². The Labute approximate surface area is 513 Å². The first-order valence-electron chi connectivity index (χ1n) is 31.4. The molecule has 7 rings (SSSR count). The summed E-state index contributed by atoms with van der Waals surface area (Å²) >= 11 is 0. The van der Waals surface area contributed by atoms with E-state index in [1.54, 1.807) is 13.8 Å². The fraction of sp³-hybridized carbons (Fsp3) is 0.440. The third-order valence-corrected chi connectivity index (χ3v) is 27.3. The molecule has 0 spiro atoms. The van der Waals surface area contributed by atoms with Gasteiger partial charge in [-0.15, -0.1) is 0 Å². The van der Waals surface area contributed by atoms with Crippen LogP contribution < -0.4 is 20.7 Å². The van der Waals surface area contributed by atoms with E-state index in [1.165, 1.54) is 0 Å². The van der Waals surface area contributed by atoms with Crippen LogP contribution in [-0.4, -0.2) is 92.0 Å². The van der Waals surface area contributed by atoms with Gasteiger partial charge in [-0.3, -0.25) is 0 Å². The second-order valence-electron chi connectivity index (χ2n) is 26.0. The van der Waals surface area contributed by atoms with Crippen molar-refractivity contribution in [3.63, 3.8) is 0 Å². The molecule has 85 heavy (non-hydrogen) atoms. The number of ether oxygens (including phenoxy) is 1. The van der Waals surface area contributed by atoms with Crippen LogP contribution in [-0.2, 0) is 19.2 Å². The SMILES string of the molecule is CCCCCCC(CO)C(O)C(C)(O)CO[Si](c1ccccc1)(c1ccccc1)C(C)(C)C.CCCCCC[C@@H](COC(c1ccccc1)(c1ccccc1)c1ccccc1)[C@@H](O)C(C)(O)CO[Si](c1ccccc1)(c1ccccc1)C(C)(C)C. The highest BCUT2D eigenvalue weighted by atomic mass is 28.4. The van der Waals surface area contributed by atoms with E-state index in [-0.39, 0.29) is 48.3 Å². The van der Waals surface area contributed by atoms with Crippen LogP contribution >= 0.6 is 0 Å². The first kappa shape index (κ1) is 68.8. The van der Waals surface area contributed by atoms with Crippen molar-refractivity contribution in [1.82, 2.24) is 0 Å². The van der Waals surface area contributed by atoms with Gasteiger partial charge < -0.3 is 39.1 Å². The number of aliphatic hydroxyl groups is 5. The van der Waals surface area contributed by atoms with Crippen molar-refractivity contribution in [1.29, 1.82) is 0 Å². The topological polar surface area (TPSA) is 129 Å². The number of benzene rings is 7. The molecule has 4 unspecified atom stereocenters. The first-order valence-corrected chi connectivity index (χ1v) is 35.2. The number of hydrogen-bond acceptors (Lipinski definition) is 8. The number of rotatable bonds is 31.